The molecule has 0 aliphatic carbocycles. The van der Waals surface area contributed by atoms with Crippen molar-refractivity contribution in [2.45, 2.75) is 12.7 Å². The standard InChI is InChI=1S/C11H13Cl3S/c1-8(5-12)6-15-7-9-2-3-10(13)4-11(9)14/h2-4,8H,5-7H2,1H3. The monoisotopic (exact) mass is 282 g/mol. The number of rotatable bonds is 5. The highest BCUT2D eigenvalue weighted by Gasteiger charge is 2.04. The van der Waals surface area contributed by atoms with E-state index in [-0.39, 0.29) is 0 Å². The highest BCUT2D eigenvalue weighted by atomic mass is 35.5. The lowest BCUT2D eigenvalue weighted by Gasteiger charge is -2.08. The lowest BCUT2D eigenvalue weighted by atomic mass is 10.2. The summed E-state index contributed by atoms with van der Waals surface area (Å²) in [5.41, 5.74) is 1.13. The molecule has 0 amide bonds. The zero-order valence-corrected chi connectivity index (χ0v) is 11.6. The number of benzene rings is 1. The smallest absolute Gasteiger partial charge is 0.0461 e. The van der Waals surface area contributed by atoms with Crippen LogP contribution < -0.4 is 0 Å². The van der Waals surface area contributed by atoms with Crippen LogP contribution in [0.5, 0.6) is 0 Å². The van der Waals surface area contributed by atoms with Gasteiger partial charge in [0.15, 0.2) is 0 Å². The molecule has 0 saturated heterocycles. The topological polar surface area (TPSA) is 0 Å². The van der Waals surface area contributed by atoms with E-state index in [1.165, 1.54) is 0 Å². The van der Waals surface area contributed by atoms with Gasteiger partial charge in [0, 0.05) is 21.7 Å². The molecule has 84 valence electrons. The average molecular weight is 284 g/mol. The van der Waals surface area contributed by atoms with E-state index in [0.29, 0.717) is 16.8 Å². The van der Waals surface area contributed by atoms with Crippen LogP contribution in [0.1, 0.15) is 12.5 Å². The van der Waals surface area contributed by atoms with Gasteiger partial charge in [-0.15, -0.1) is 11.6 Å². The molecule has 1 aromatic carbocycles. The van der Waals surface area contributed by atoms with Crippen LogP contribution in [0.4, 0.5) is 0 Å². The van der Waals surface area contributed by atoms with Crippen molar-refractivity contribution in [3.8, 4) is 0 Å². The molecule has 0 fully saturated rings. The first kappa shape index (κ1) is 13.5. The second kappa shape index (κ2) is 6.90. The van der Waals surface area contributed by atoms with Crippen LogP contribution in [0, 0.1) is 5.92 Å². The summed E-state index contributed by atoms with van der Waals surface area (Å²) in [6.07, 6.45) is 0. The van der Waals surface area contributed by atoms with Gasteiger partial charge in [0.1, 0.15) is 0 Å². The Balaban J connectivity index is 2.44. The Kier molecular flexibility index (Phi) is 6.21. The first-order valence-corrected chi connectivity index (χ1v) is 7.15. The largest absolute Gasteiger partial charge is 0.157 e. The SMILES string of the molecule is CC(CCl)CSCc1ccc(Cl)cc1Cl. The van der Waals surface area contributed by atoms with Crippen molar-refractivity contribution >= 4 is 46.6 Å². The Labute approximate surface area is 110 Å². The average Bonchev–Trinajstić information content (AvgIpc) is 2.21. The fourth-order valence-electron chi connectivity index (χ4n) is 1.05. The Morgan fingerprint density at radius 1 is 1.33 bits per heavy atom. The van der Waals surface area contributed by atoms with Crippen molar-refractivity contribution < 1.29 is 0 Å². The van der Waals surface area contributed by atoms with E-state index in [2.05, 4.69) is 6.92 Å². The summed E-state index contributed by atoms with van der Waals surface area (Å²) in [5.74, 6) is 3.23. The summed E-state index contributed by atoms with van der Waals surface area (Å²) in [6, 6.07) is 5.63. The molecule has 0 aliphatic rings. The fourth-order valence-corrected chi connectivity index (χ4v) is 2.96. The van der Waals surface area contributed by atoms with Gasteiger partial charge < -0.3 is 0 Å². The highest BCUT2D eigenvalue weighted by molar-refractivity contribution is 7.98. The molecule has 1 atom stereocenters. The third-order valence-electron chi connectivity index (χ3n) is 1.94. The maximum Gasteiger partial charge on any atom is 0.0461 e. The Morgan fingerprint density at radius 2 is 2.07 bits per heavy atom. The van der Waals surface area contributed by atoms with Crippen LogP contribution >= 0.6 is 46.6 Å². The van der Waals surface area contributed by atoms with Gasteiger partial charge >= 0.3 is 0 Å². The first-order chi connectivity index (χ1) is 7.13. The molecule has 0 saturated carbocycles. The van der Waals surface area contributed by atoms with Crippen LogP contribution in [0.25, 0.3) is 0 Å². The third kappa shape index (κ3) is 4.86. The second-order valence-electron chi connectivity index (χ2n) is 3.51. The Bertz CT molecular complexity index is 315. The molecule has 0 bridgehead atoms. The van der Waals surface area contributed by atoms with E-state index in [1.807, 2.05) is 23.9 Å². The second-order valence-corrected chi connectivity index (χ2v) is 5.69. The molecule has 1 aromatic rings. The molecule has 0 nitrogen and oxygen atoms in total. The summed E-state index contributed by atoms with van der Waals surface area (Å²) in [5, 5.41) is 1.43. The number of hydrogen-bond acceptors (Lipinski definition) is 1. The normalized spacial score (nSPS) is 12.8. The molecule has 0 N–H and O–H groups in total. The molecule has 4 heteroatoms. The molecule has 15 heavy (non-hydrogen) atoms. The minimum atomic E-state index is 0.544. The van der Waals surface area contributed by atoms with Crippen LogP contribution in [0.3, 0.4) is 0 Å². The van der Waals surface area contributed by atoms with Crippen molar-refractivity contribution in [2.24, 2.45) is 5.92 Å². The molecule has 0 aromatic heterocycles. The maximum absolute atomic E-state index is 6.05. The number of alkyl halides is 1. The van der Waals surface area contributed by atoms with Gasteiger partial charge in [0.25, 0.3) is 0 Å². The van der Waals surface area contributed by atoms with E-state index in [9.17, 15) is 0 Å². The highest BCUT2D eigenvalue weighted by Crippen LogP contribution is 2.25. The predicted molar refractivity (Wildman–Crippen MR) is 72.5 cm³/mol. The van der Waals surface area contributed by atoms with Crippen LogP contribution in [0.2, 0.25) is 10.0 Å². The summed E-state index contributed by atoms with van der Waals surface area (Å²) < 4.78 is 0. The molecule has 0 aliphatic heterocycles. The number of halogens is 3. The van der Waals surface area contributed by atoms with E-state index in [1.54, 1.807) is 6.07 Å². The van der Waals surface area contributed by atoms with Crippen molar-refractivity contribution in [1.82, 2.24) is 0 Å². The van der Waals surface area contributed by atoms with E-state index >= 15 is 0 Å². The Hall–Kier alpha value is 0.440. The predicted octanol–water partition coefficient (Wildman–Crippen LogP) is 5.10. The quantitative estimate of drug-likeness (QED) is 0.677. The van der Waals surface area contributed by atoms with Crippen molar-refractivity contribution in [3.05, 3.63) is 33.8 Å². The molecule has 1 rings (SSSR count). The molecule has 0 radical (unpaired) electrons. The summed E-state index contributed by atoms with van der Waals surface area (Å²) >= 11 is 19.4. The fraction of sp³-hybridized carbons (Fsp3) is 0.455. The van der Waals surface area contributed by atoms with Crippen LogP contribution in [0.15, 0.2) is 18.2 Å². The lowest BCUT2D eigenvalue weighted by molar-refractivity contribution is 0.759. The molecular formula is C11H13Cl3S. The van der Waals surface area contributed by atoms with Crippen LogP contribution in [-0.4, -0.2) is 11.6 Å². The maximum atomic E-state index is 6.05. The lowest BCUT2D eigenvalue weighted by Crippen LogP contribution is -1.99. The van der Waals surface area contributed by atoms with Gasteiger partial charge in [-0.2, -0.15) is 11.8 Å². The van der Waals surface area contributed by atoms with E-state index in [4.69, 9.17) is 34.8 Å². The third-order valence-corrected chi connectivity index (χ3v) is 4.37. The first-order valence-electron chi connectivity index (χ1n) is 4.71. The number of thioether (sulfide) groups is 1. The van der Waals surface area contributed by atoms with Gasteiger partial charge in [0.05, 0.1) is 0 Å². The van der Waals surface area contributed by atoms with Gasteiger partial charge in [-0.3, -0.25) is 0 Å². The molecule has 0 heterocycles. The zero-order chi connectivity index (χ0) is 11.3. The van der Waals surface area contributed by atoms with Crippen molar-refractivity contribution in [2.75, 3.05) is 11.6 Å². The molecule has 1 unspecified atom stereocenters. The summed E-state index contributed by atoms with van der Waals surface area (Å²) in [6.45, 7) is 2.14. The Morgan fingerprint density at radius 3 is 2.67 bits per heavy atom. The van der Waals surface area contributed by atoms with Gasteiger partial charge in [0.2, 0.25) is 0 Å². The minimum absolute atomic E-state index is 0.544. The van der Waals surface area contributed by atoms with Gasteiger partial charge in [-0.05, 0) is 29.4 Å². The molecular weight excluding hydrogens is 271 g/mol. The van der Waals surface area contributed by atoms with E-state index < -0.39 is 0 Å². The van der Waals surface area contributed by atoms with Gasteiger partial charge in [-0.1, -0.05) is 36.2 Å². The minimum Gasteiger partial charge on any atom is -0.157 e. The van der Waals surface area contributed by atoms with Crippen molar-refractivity contribution in [1.29, 1.82) is 0 Å². The molecule has 0 spiro atoms. The summed E-state index contributed by atoms with van der Waals surface area (Å²) in [4.78, 5) is 0. The van der Waals surface area contributed by atoms with Gasteiger partial charge in [-0.25, -0.2) is 0 Å². The van der Waals surface area contributed by atoms with E-state index in [0.717, 1.165) is 22.1 Å². The number of hydrogen-bond donors (Lipinski definition) is 0. The summed E-state index contributed by atoms with van der Waals surface area (Å²) in [7, 11) is 0. The zero-order valence-electron chi connectivity index (χ0n) is 8.47. The van der Waals surface area contributed by atoms with Crippen LogP contribution in [-0.2, 0) is 5.75 Å². The van der Waals surface area contributed by atoms with Crippen molar-refractivity contribution in [3.63, 3.8) is 0 Å².